The Hall–Kier alpha value is -0.160. The minimum Gasteiger partial charge on any atom is -0.394 e. The quantitative estimate of drug-likeness (QED) is 0.750. The Morgan fingerprint density at radius 1 is 1.24 bits per heavy atom. The molecule has 4 nitrogen and oxygen atoms in total. The predicted octanol–water partition coefficient (Wildman–Crippen LogP) is 1.69. The van der Waals surface area contributed by atoms with E-state index in [1.165, 1.54) is 32.4 Å². The van der Waals surface area contributed by atoms with Crippen LogP contribution in [0.15, 0.2) is 0 Å². The average Bonchev–Trinajstić information content (AvgIpc) is 2.99. The van der Waals surface area contributed by atoms with E-state index in [0.29, 0.717) is 6.04 Å². The van der Waals surface area contributed by atoms with Gasteiger partial charge in [0.1, 0.15) is 0 Å². The maximum atomic E-state index is 9.86. The van der Waals surface area contributed by atoms with Crippen molar-refractivity contribution in [3.63, 3.8) is 0 Å². The molecule has 0 spiro atoms. The van der Waals surface area contributed by atoms with Gasteiger partial charge in [-0.05, 0) is 51.7 Å². The molecule has 0 amide bonds. The maximum absolute atomic E-state index is 9.86. The van der Waals surface area contributed by atoms with Crippen molar-refractivity contribution in [3.05, 3.63) is 0 Å². The maximum Gasteiger partial charge on any atom is 0.0613 e. The normalized spacial score (nSPS) is 34.7. The summed E-state index contributed by atoms with van der Waals surface area (Å²) in [5.41, 5.74) is -0.0229. The smallest absolute Gasteiger partial charge is 0.0613 e. The molecular formula is C17H35N3O. The van der Waals surface area contributed by atoms with Crippen LogP contribution < -0.4 is 5.32 Å². The van der Waals surface area contributed by atoms with Crippen LogP contribution in [0.2, 0.25) is 0 Å². The molecule has 0 bridgehead atoms. The van der Waals surface area contributed by atoms with Crippen molar-refractivity contribution < 1.29 is 5.11 Å². The van der Waals surface area contributed by atoms with Gasteiger partial charge in [0.25, 0.3) is 0 Å². The van der Waals surface area contributed by atoms with Gasteiger partial charge < -0.3 is 10.4 Å². The van der Waals surface area contributed by atoms with Crippen LogP contribution in [0.3, 0.4) is 0 Å². The van der Waals surface area contributed by atoms with Crippen LogP contribution in [0.1, 0.15) is 52.9 Å². The Balaban J connectivity index is 1.93. The summed E-state index contributed by atoms with van der Waals surface area (Å²) in [6.07, 6.45) is 6.09. The first-order valence-corrected chi connectivity index (χ1v) is 9.02. The molecule has 0 radical (unpaired) electrons. The van der Waals surface area contributed by atoms with Gasteiger partial charge in [0.05, 0.1) is 6.61 Å². The van der Waals surface area contributed by atoms with Crippen LogP contribution in [0.4, 0.5) is 0 Å². The number of hydrogen-bond acceptors (Lipinski definition) is 4. The molecule has 1 aliphatic carbocycles. The Bertz CT molecular complexity index is 304. The molecular weight excluding hydrogens is 262 g/mol. The molecule has 2 fully saturated rings. The molecule has 1 aliphatic heterocycles. The van der Waals surface area contributed by atoms with Gasteiger partial charge in [0.15, 0.2) is 0 Å². The zero-order chi connectivity index (χ0) is 15.3. The molecule has 2 rings (SSSR count). The minimum absolute atomic E-state index is 0.0229. The Morgan fingerprint density at radius 3 is 2.62 bits per heavy atom. The van der Waals surface area contributed by atoms with E-state index in [0.717, 1.165) is 38.5 Å². The number of nitrogens with one attached hydrogen (secondary N) is 1. The molecule has 1 heterocycles. The highest BCUT2D eigenvalue weighted by atomic mass is 16.3. The third-order valence-electron chi connectivity index (χ3n) is 5.71. The third-order valence-corrected chi connectivity index (χ3v) is 5.71. The fraction of sp³-hybridized carbons (Fsp3) is 1.00. The van der Waals surface area contributed by atoms with Crippen LogP contribution >= 0.6 is 0 Å². The van der Waals surface area contributed by atoms with Crippen LogP contribution in [-0.4, -0.2) is 71.9 Å². The van der Waals surface area contributed by atoms with Crippen LogP contribution in [0.5, 0.6) is 0 Å². The van der Waals surface area contributed by atoms with E-state index in [9.17, 15) is 5.11 Å². The molecule has 0 aromatic carbocycles. The number of likely N-dealkylation sites (tertiary alicyclic amines) is 1. The average molecular weight is 297 g/mol. The molecule has 21 heavy (non-hydrogen) atoms. The molecule has 1 saturated heterocycles. The molecule has 0 aromatic heterocycles. The SMILES string of the molecule is CCNC1(CO)CCCC(N2CCC(N(CC)CC)C2)C1. The Kier molecular flexibility index (Phi) is 6.48. The van der Waals surface area contributed by atoms with Gasteiger partial charge >= 0.3 is 0 Å². The van der Waals surface area contributed by atoms with E-state index in [-0.39, 0.29) is 12.1 Å². The summed E-state index contributed by atoms with van der Waals surface area (Å²) < 4.78 is 0. The first-order valence-electron chi connectivity index (χ1n) is 9.02. The predicted molar refractivity (Wildman–Crippen MR) is 88.6 cm³/mol. The lowest BCUT2D eigenvalue weighted by atomic mass is 9.79. The summed E-state index contributed by atoms with van der Waals surface area (Å²) >= 11 is 0. The first kappa shape index (κ1) is 17.2. The van der Waals surface area contributed by atoms with E-state index in [4.69, 9.17) is 0 Å². The van der Waals surface area contributed by atoms with Crippen LogP contribution in [0, 0.1) is 0 Å². The zero-order valence-corrected chi connectivity index (χ0v) is 14.3. The van der Waals surface area contributed by atoms with Crippen molar-refractivity contribution in [1.29, 1.82) is 0 Å². The lowest BCUT2D eigenvalue weighted by Gasteiger charge is -2.43. The molecule has 0 aromatic rings. The molecule has 3 unspecified atom stereocenters. The summed E-state index contributed by atoms with van der Waals surface area (Å²) in [4.78, 5) is 5.30. The topological polar surface area (TPSA) is 38.7 Å². The number of aliphatic hydroxyl groups is 1. The monoisotopic (exact) mass is 297 g/mol. The summed E-state index contributed by atoms with van der Waals surface area (Å²) in [5.74, 6) is 0. The third kappa shape index (κ3) is 3.98. The van der Waals surface area contributed by atoms with E-state index < -0.39 is 0 Å². The highest BCUT2D eigenvalue weighted by Gasteiger charge is 2.39. The fourth-order valence-electron chi connectivity index (χ4n) is 4.52. The lowest BCUT2D eigenvalue weighted by molar-refractivity contribution is 0.0664. The number of likely N-dealkylation sites (N-methyl/N-ethyl adjacent to an activating group) is 2. The van der Waals surface area contributed by atoms with Crippen LogP contribution in [-0.2, 0) is 0 Å². The second kappa shape index (κ2) is 7.91. The van der Waals surface area contributed by atoms with Crippen molar-refractivity contribution in [3.8, 4) is 0 Å². The van der Waals surface area contributed by atoms with Gasteiger partial charge in [-0.25, -0.2) is 0 Å². The Labute approximate surface area is 130 Å². The van der Waals surface area contributed by atoms with Gasteiger partial charge in [-0.2, -0.15) is 0 Å². The molecule has 124 valence electrons. The molecule has 3 atom stereocenters. The number of hydrogen-bond donors (Lipinski definition) is 2. The second-order valence-electron chi connectivity index (χ2n) is 6.88. The summed E-state index contributed by atoms with van der Waals surface area (Å²) in [6, 6.07) is 1.40. The summed E-state index contributed by atoms with van der Waals surface area (Å²) in [5, 5.41) is 13.4. The fourth-order valence-corrected chi connectivity index (χ4v) is 4.52. The second-order valence-corrected chi connectivity index (χ2v) is 6.88. The summed E-state index contributed by atoms with van der Waals surface area (Å²) in [6.45, 7) is 12.7. The molecule has 2 aliphatic rings. The largest absolute Gasteiger partial charge is 0.394 e. The van der Waals surface area contributed by atoms with E-state index >= 15 is 0 Å². The van der Waals surface area contributed by atoms with Gasteiger partial charge in [-0.1, -0.05) is 20.8 Å². The van der Waals surface area contributed by atoms with E-state index in [1.54, 1.807) is 0 Å². The minimum atomic E-state index is -0.0229. The van der Waals surface area contributed by atoms with Crippen molar-refractivity contribution in [2.75, 3.05) is 39.3 Å². The van der Waals surface area contributed by atoms with Crippen LogP contribution in [0.25, 0.3) is 0 Å². The van der Waals surface area contributed by atoms with Crippen molar-refractivity contribution >= 4 is 0 Å². The lowest BCUT2D eigenvalue weighted by Crippen LogP contribution is -2.55. The van der Waals surface area contributed by atoms with Crippen molar-refractivity contribution in [2.45, 2.75) is 70.5 Å². The van der Waals surface area contributed by atoms with Crippen molar-refractivity contribution in [2.24, 2.45) is 0 Å². The molecule has 1 saturated carbocycles. The number of nitrogens with zero attached hydrogens (tertiary/aromatic N) is 2. The number of aliphatic hydroxyl groups excluding tert-OH is 1. The van der Waals surface area contributed by atoms with Gasteiger partial charge in [0, 0.05) is 30.7 Å². The van der Waals surface area contributed by atoms with Gasteiger partial charge in [-0.15, -0.1) is 0 Å². The summed E-state index contributed by atoms with van der Waals surface area (Å²) in [7, 11) is 0. The first-order chi connectivity index (χ1) is 10.2. The van der Waals surface area contributed by atoms with Gasteiger partial charge in [-0.3, -0.25) is 9.80 Å². The molecule has 2 N–H and O–H groups in total. The molecule has 4 heteroatoms. The standard InChI is InChI=1S/C17H35N3O/c1-4-18-17(14-21)10-7-8-15(12-17)20-11-9-16(13-20)19(5-2)6-3/h15-16,18,21H,4-14H2,1-3H3. The van der Waals surface area contributed by atoms with E-state index in [2.05, 4.69) is 35.9 Å². The highest BCUT2D eigenvalue weighted by Crippen LogP contribution is 2.33. The van der Waals surface area contributed by atoms with Gasteiger partial charge in [0.2, 0.25) is 0 Å². The number of rotatable bonds is 7. The zero-order valence-electron chi connectivity index (χ0n) is 14.3. The highest BCUT2D eigenvalue weighted by molar-refractivity contribution is 4.98. The Morgan fingerprint density at radius 2 is 2.00 bits per heavy atom. The van der Waals surface area contributed by atoms with Crippen molar-refractivity contribution in [1.82, 2.24) is 15.1 Å². The van der Waals surface area contributed by atoms with E-state index in [1.807, 2.05) is 0 Å².